The van der Waals surface area contributed by atoms with Gasteiger partial charge in [-0.05, 0) is 55.3 Å². The summed E-state index contributed by atoms with van der Waals surface area (Å²) in [6.07, 6.45) is 4.22. The van der Waals surface area contributed by atoms with Crippen molar-refractivity contribution in [1.82, 2.24) is 14.9 Å². The maximum atomic E-state index is 9.54. The van der Waals surface area contributed by atoms with E-state index >= 15 is 0 Å². The number of H-pyrrole nitrogens is 1. The molecule has 0 unspecified atom stereocenters. The monoisotopic (exact) mass is 351 g/mol. The molecule has 0 radical (unpaired) electrons. The fraction of sp³-hybridized carbons (Fsp3) is 0.381. The molecule has 5 heteroatoms. The normalized spacial score (nSPS) is 18.3. The number of nitrogens with zero attached hydrogens (tertiary/aromatic N) is 2. The van der Waals surface area contributed by atoms with Crippen LogP contribution in [-0.4, -0.2) is 40.2 Å². The number of hydrogen-bond donors (Lipinski definition) is 2. The van der Waals surface area contributed by atoms with Crippen LogP contribution in [0.25, 0.3) is 11.0 Å². The van der Waals surface area contributed by atoms with Crippen LogP contribution in [0.4, 0.5) is 0 Å². The minimum Gasteiger partial charge on any atom is -0.496 e. The highest BCUT2D eigenvalue weighted by atomic mass is 16.5. The number of ether oxygens (including phenoxy) is 1. The van der Waals surface area contributed by atoms with Gasteiger partial charge in [-0.3, -0.25) is 4.90 Å². The fourth-order valence-corrected chi connectivity index (χ4v) is 3.96. The van der Waals surface area contributed by atoms with Crippen LogP contribution in [0.15, 0.2) is 42.6 Å². The summed E-state index contributed by atoms with van der Waals surface area (Å²) in [6.45, 7) is 3.04. The van der Waals surface area contributed by atoms with Gasteiger partial charge in [0.25, 0.3) is 0 Å². The van der Waals surface area contributed by atoms with Gasteiger partial charge in [0.05, 0.1) is 13.7 Å². The van der Waals surface area contributed by atoms with Crippen LogP contribution in [0.5, 0.6) is 5.75 Å². The van der Waals surface area contributed by atoms with Crippen molar-refractivity contribution in [1.29, 1.82) is 0 Å². The number of aromatic amines is 1. The van der Waals surface area contributed by atoms with E-state index in [1.54, 1.807) is 7.11 Å². The Morgan fingerprint density at radius 2 is 2.23 bits per heavy atom. The van der Waals surface area contributed by atoms with Gasteiger partial charge in [-0.2, -0.15) is 0 Å². The number of hydrogen-bond acceptors (Lipinski definition) is 4. The standard InChI is InChI=1S/C21H25N3O2/c1-26-20-7-6-15(10-18(20)14-25)12-24-9-3-5-17(13-24)19-11-16-4-2-8-22-21(16)23-19/h2,4,6-8,10-11,17,25H,3,5,9,12-14H2,1H3,(H,22,23)/t17-/m0/s1. The molecule has 0 aliphatic carbocycles. The second-order valence-corrected chi connectivity index (χ2v) is 7.04. The van der Waals surface area contributed by atoms with Crippen molar-refractivity contribution in [3.63, 3.8) is 0 Å². The first-order chi connectivity index (χ1) is 12.8. The predicted octanol–water partition coefficient (Wildman–Crippen LogP) is 3.44. The van der Waals surface area contributed by atoms with Crippen LogP contribution < -0.4 is 4.74 Å². The molecule has 5 nitrogen and oxygen atoms in total. The second-order valence-electron chi connectivity index (χ2n) is 7.04. The van der Waals surface area contributed by atoms with Gasteiger partial charge in [0, 0.05) is 41.8 Å². The van der Waals surface area contributed by atoms with Gasteiger partial charge >= 0.3 is 0 Å². The molecule has 0 spiro atoms. The van der Waals surface area contributed by atoms with E-state index in [1.807, 2.05) is 18.3 Å². The third kappa shape index (κ3) is 3.45. The van der Waals surface area contributed by atoms with Gasteiger partial charge in [0.1, 0.15) is 11.4 Å². The number of rotatable bonds is 5. The number of methoxy groups -OCH3 is 1. The molecule has 1 saturated heterocycles. The number of fused-ring (bicyclic) bond motifs is 1. The number of pyridine rings is 1. The van der Waals surface area contributed by atoms with Crippen LogP contribution in [0.1, 0.15) is 35.6 Å². The summed E-state index contributed by atoms with van der Waals surface area (Å²) in [5.74, 6) is 1.26. The summed E-state index contributed by atoms with van der Waals surface area (Å²) in [5.41, 5.74) is 4.32. The summed E-state index contributed by atoms with van der Waals surface area (Å²) in [5, 5.41) is 10.7. The van der Waals surface area contributed by atoms with E-state index in [1.165, 1.54) is 29.5 Å². The Morgan fingerprint density at radius 1 is 1.31 bits per heavy atom. The predicted molar refractivity (Wildman–Crippen MR) is 102 cm³/mol. The Kier molecular flexibility index (Phi) is 4.91. The van der Waals surface area contributed by atoms with Gasteiger partial charge in [0.15, 0.2) is 0 Å². The van der Waals surface area contributed by atoms with Crippen LogP contribution in [0.3, 0.4) is 0 Å². The van der Waals surface area contributed by atoms with Crippen LogP contribution >= 0.6 is 0 Å². The molecule has 0 bridgehead atoms. The smallest absolute Gasteiger partial charge is 0.137 e. The zero-order valence-electron chi connectivity index (χ0n) is 15.1. The Hall–Kier alpha value is -2.37. The average molecular weight is 351 g/mol. The number of nitrogens with one attached hydrogen (secondary N) is 1. The minimum atomic E-state index is 0.00169. The van der Waals surface area contributed by atoms with Crippen molar-refractivity contribution in [3.05, 3.63) is 59.4 Å². The Labute approximate surface area is 153 Å². The molecule has 136 valence electrons. The molecule has 2 aromatic heterocycles. The Bertz CT molecular complexity index is 857. The van der Waals surface area contributed by atoms with E-state index in [2.05, 4.69) is 39.1 Å². The lowest BCUT2D eigenvalue weighted by molar-refractivity contribution is 0.198. The van der Waals surface area contributed by atoms with E-state index in [9.17, 15) is 5.11 Å². The lowest BCUT2D eigenvalue weighted by atomic mass is 9.94. The number of aliphatic hydroxyl groups excluding tert-OH is 1. The third-order valence-corrected chi connectivity index (χ3v) is 5.28. The number of benzene rings is 1. The zero-order valence-corrected chi connectivity index (χ0v) is 15.1. The average Bonchev–Trinajstić information content (AvgIpc) is 3.12. The molecule has 1 aliphatic heterocycles. The van der Waals surface area contributed by atoms with Crippen molar-refractivity contribution in [2.75, 3.05) is 20.2 Å². The molecule has 0 saturated carbocycles. The van der Waals surface area contributed by atoms with E-state index in [0.717, 1.165) is 36.6 Å². The minimum absolute atomic E-state index is 0.00169. The van der Waals surface area contributed by atoms with Gasteiger partial charge in [-0.15, -0.1) is 0 Å². The molecule has 3 heterocycles. The zero-order chi connectivity index (χ0) is 17.9. The van der Waals surface area contributed by atoms with Crippen molar-refractivity contribution >= 4 is 11.0 Å². The molecule has 1 aromatic carbocycles. The maximum Gasteiger partial charge on any atom is 0.137 e. The number of likely N-dealkylation sites (tertiary alicyclic amines) is 1. The van der Waals surface area contributed by atoms with Crippen molar-refractivity contribution in [2.45, 2.75) is 31.9 Å². The largest absolute Gasteiger partial charge is 0.496 e. The highest BCUT2D eigenvalue weighted by Crippen LogP contribution is 2.29. The summed E-state index contributed by atoms with van der Waals surface area (Å²) in [7, 11) is 1.64. The third-order valence-electron chi connectivity index (χ3n) is 5.28. The highest BCUT2D eigenvalue weighted by Gasteiger charge is 2.23. The molecule has 1 aliphatic rings. The summed E-state index contributed by atoms with van der Waals surface area (Å²) in [6, 6.07) is 12.4. The Balaban J connectivity index is 1.48. The summed E-state index contributed by atoms with van der Waals surface area (Å²) < 4.78 is 5.30. The first-order valence-electron chi connectivity index (χ1n) is 9.19. The molecule has 26 heavy (non-hydrogen) atoms. The number of aliphatic hydroxyl groups is 1. The van der Waals surface area contributed by atoms with Crippen molar-refractivity contribution in [2.24, 2.45) is 0 Å². The van der Waals surface area contributed by atoms with E-state index in [-0.39, 0.29) is 6.61 Å². The fourth-order valence-electron chi connectivity index (χ4n) is 3.96. The van der Waals surface area contributed by atoms with Crippen LogP contribution in [0.2, 0.25) is 0 Å². The molecule has 1 fully saturated rings. The van der Waals surface area contributed by atoms with Crippen LogP contribution in [0, 0.1) is 0 Å². The lowest BCUT2D eigenvalue weighted by Gasteiger charge is -2.32. The molecular formula is C21H25N3O2. The molecular weight excluding hydrogens is 326 g/mol. The van der Waals surface area contributed by atoms with Gasteiger partial charge in [-0.25, -0.2) is 4.98 Å². The first kappa shape index (κ1) is 17.1. The summed E-state index contributed by atoms with van der Waals surface area (Å²) >= 11 is 0. The molecule has 2 N–H and O–H groups in total. The second kappa shape index (κ2) is 7.48. The number of aromatic nitrogens is 2. The lowest BCUT2D eigenvalue weighted by Crippen LogP contribution is -2.34. The van der Waals surface area contributed by atoms with Gasteiger partial charge in [0.2, 0.25) is 0 Å². The van der Waals surface area contributed by atoms with E-state index < -0.39 is 0 Å². The van der Waals surface area contributed by atoms with Gasteiger partial charge in [-0.1, -0.05) is 6.07 Å². The van der Waals surface area contributed by atoms with Crippen molar-refractivity contribution in [3.8, 4) is 5.75 Å². The quantitative estimate of drug-likeness (QED) is 0.739. The Morgan fingerprint density at radius 3 is 3.04 bits per heavy atom. The highest BCUT2D eigenvalue weighted by molar-refractivity contribution is 5.76. The van der Waals surface area contributed by atoms with E-state index in [0.29, 0.717) is 5.92 Å². The molecule has 4 rings (SSSR count). The number of piperidine rings is 1. The SMILES string of the molecule is COc1ccc(CN2CCC[C@H](c3cc4cccnc4[nH]3)C2)cc1CO. The molecule has 0 amide bonds. The van der Waals surface area contributed by atoms with E-state index in [4.69, 9.17) is 4.74 Å². The van der Waals surface area contributed by atoms with Gasteiger partial charge < -0.3 is 14.8 Å². The molecule has 3 aromatic rings. The van der Waals surface area contributed by atoms with Crippen LogP contribution in [-0.2, 0) is 13.2 Å². The maximum absolute atomic E-state index is 9.54. The first-order valence-corrected chi connectivity index (χ1v) is 9.19. The molecule has 1 atom stereocenters. The van der Waals surface area contributed by atoms with Crippen molar-refractivity contribution < 1.29 is 9.84 Å². The summed E-state index contributed by atoms with van der Waals surface area (Å²) in [4.78, 5) is 10.4. The topological polar surface area (TPSA) is 61.4 Å².